The minimum Gasteiger partial charge on any atom is -0.493 e. The molecule has 0 atom stereocenters. The van der Waals surface area contributed by atoms with Gasteiger partial charge in [-0.15, -0.1) is 0 Å². The Balaban J connectivity index is 2.11. The smallest absolute Gasteiger partial charge is 0.339 e. The molecule has 4 heteroatoms. The van der Waals surface area contributed by atoms with Gasteiger partial charge in [0.05, 0.1) is 6.61 Å². The molecule has 1 aromatic rings. The molecule has 2 N–H and O–H groups in total. The van der Waals surface area contributed by atoms with Gasteiger partial charge in [-0.05, 0) is 38.1 Å². The summed E-state index contributed by atoms with van der Waals surface area (Å²) < 4.78 is 5.52. The van der Waals surface area contributed by atoms with Gasteiger partial charge in [-0.3, -0.25) is 0 Å². The van der Waals surface area contributed by atoms with Crippen LogP contribution in [0, 0.1) is 0 Å². The van der Waals surface area contributed by atoms with Crippen LogP contribution in [0.15, 0.2) is 24.3 Å². The number of para-hydroxylation sites is 1. The summed E-state index contributed by atoms with van der Waals surface area (Å²) in [5, 5.41) is 12.4. The molecule has 0 amide bonds. The van der Waals surface area contributed by atoms with Crippen LogP contribution in [0.25, 0.3) is 0 Å². The summed E-state index contributed by atoms with van der Waals surface area (Å²) >= 11 is 0. The van der Waals surface area contributed by atoms with E-state index in [9.17, 15) is 4.79 Å². The van der Waals surface area contributed by atoms with Crippen LogP contribution in [0.5, 0.6) is 5.75 Å². The van der Waals surface area contributed by atoms with Crippen LogP contribution < -0.4 is 10.1 Å². The summed E-state index contributed by atoms with van der Waals surface area (Å²) in [6.45, 7) is 4.69. The van der Waals surface area contributed by atoms with Gasteiger partial charge in [-0.1, -0.05) is 38.3 Å². The Bertz CT molecular complexity index is 393. The fourth-order valence-corrected chi connectivity index (χ4v) is 1.95. The van der Waals surface area contributed by atoms with Crippen LogP contribution >= 0.6 is 0 Å². The van der Waals surface area contributed by atoms with Crippen molar-refractivity contribution < 1.29 is 14.6 Å². The molecule has 0 heterocycles. The number of ether oxygens (including phenoxy) is 1. The SMILES string of the molecule is CCCCCCNCCCOc1ccccc1C(=O)O. The van der Waals surface area contributed by atoms with Crippen LogP contribution in [0.1, 0.15) is 49.4 Å². The van der Waals surface area contributed by atoms with Gasteiger partial charge in [0, 0.05) is 0 Å². The number of benzene rings is 1. The highest BCUT2D eigenvalue weighted by atomic mass is 16.5. The first-order valence-electron chi connectivity index (χ1n) is 7.41. The van der Waals surface area contributed by atoms with E-state index in [2.05, 4.69) is 12.2 Å². The molecular formula is C16H25NO3. The van der Waals surface area contributed by atoms with Crippen molar-refractivity contribution in [3.05, 3.63) is 29.8 Å². The highest BCUT2D eigenvalue weighted by Gasteiger charge is 2.09. The zero-order valence-corrected chi connectivity index (χ0v) is 12.2. The van der Waals surface area contributed by atoms with Crippen molar-refractivity contribution in [1.29, 1.82) is 0 Å². The highest BCUT2D eigenvalue weighted by molar-refractivity contribution is 5.90. The molecule has 4 nitrogen and oxygen atoms in total. The Hall–Kier alpha value is -1.55. The van der Waals surface area contributed by atoms with E-state index in [1.807, 2.05) is 0 Å². The second-order valence-electron chi connectivity index (χ2n) is 4.81. The zero-order valence-electron chi connectivity index (χ0n) is 12.2. The maximum atomic E-state index is 11.0. The number of nitrogens with one attached hydrogen (secondary N) is 1. The molecular weight excluding hydrogens is 254 g/mol. The van der Waals surface area contributed by atoms with E-state index >= 15 is 0 Å². The van der Waals surface area contributed by atoms with Crippen molar-refractivity contribution in [2.45, 2.75) is 39.0 Å². The number of carboxylic acid groups (broad SMARTS) is 1. The molecule has 1 rings (SSSR count). The van der Waals surface area contributed by atoms with Crippen molar-refractivity contribution >= 4 is 5.97 Å². The summed E-state index contributed by atoms with van der Waals surface area (Å²) in [7, 11) is 0. The van der Waals surface area contributed by atoms with E-state index < -0.39 is 5.97 Å². The van der Waals surface area contributed by atoms with E-state index in [-0.39, 0.29) is 5.56 Å². The molecule has 0 aliphatic rings. The van der Waals surface area contributed by atoms with Crippen molar-refractivity contribution in [3.8, 4) is 5.75 Å². The molecule has 0 aliphatic carbocycles. The molecule has 0 saturated carbocycles. The molecule has 0 aromatic heterocycles. The Kier molecular flexibility index (Phi) is 8.47. The van der Waals surface area contributed by atoms with Crippen molar-refractivity contribution in [2.24, 2.45) is 0 Å². The minimum absolute atomic E-state index is 0.222. The van der Waals surface area contributed by atoms with Gasteiger partial charge in [-0.25, -0.2) is 4.79 Å². The molecule has 0 radical (unpaired) electrons. The number of hydrogen-bond donors (Lipinski definition) is 2. The van der Waals surface area contributed by atoms with Gasteiger partial charge in [-0.2, -0.15) is 0 Å². The fourth-order valence-electron chi connectivity index (χ4n) is 1.95. The average molecular weight is 279 g/mol. The van der Waals surface area contributed by atoms with E-state index in [4.69, 9.17) is 9.84 Å². The topological polar surface area (TPSA) is 58.6 Å². The second kappa shape index (κ2) is 10.3. The van der Waals surface area contributed by atoms with E-state index in [0.717, 1.165) is 19.5 Å². The molecule has 0 spiro atoms. The van der Waals surface area contributed by atoms with Crippen LogP contribution in [-0.4, -0.2) is 30.8 Å². The van der Waals surface area contributed by atoms with Crippen LogP contribution in [-0.2, 0) is 0 Å². The van der Waals surface area contributed by atoms with Gasteiger partial charge < -0.3 is 15.2 Å². The summed E-state index contributed by atoms with van der Waals surface area (Å²) in [4.78, 5) is 11.0. The number of unbranched alkanes of at least 4 members (excludes halogenated alkanes) is 3. The molecule has 0 bridgehead atoms. The van der Waals surface area contributed by atoms with Gasteiger partial charge in [0.1, 0.15) is 11.3 Å². The number of carbonyl (C=O) groups is 1. The zero-order chi connectivity index (χ0) is 14.6. The first-order chi connectivity index (χ1) is 9.75. The lowest BCUT2D eigenvalue weighted by Gasteiger charge is -2.09. The van der Waals surface area contributed by atoms with Crippen molar-refractivity contribution in [3.63, 3.8) is 0 Å². The predicted molar refractivity (Wildman–Crippen MR) is 80.5 cm³/mol. The number of aromatic carboxylic acids is 1. The van der Waals surface area contributed by atoms with Crippen LogP contribution in [0.2, 0.25) is 0 Å². The minimum atomic E-state index is -0.949. The quantitative estimate of drug-likeness (QED) is 0.610. The maximum absolute atomic E-state index is 11.0. The molecule has 0 aliphatic heterocycles. The Morgan fingerprint density at radius 1 is 1.15 bits per heavy atom. The lowest BCUT2D eigenvalue weighted by Crippen LogP contribution is -2.18. The van der Waals surface area contributed by atoms with Crippen molar-refractivity contribution in [1.82, 2.24) is 5.32 Å². The predicted octanol–water partition coefficient (Wildman–Crippen LogP) is 3.32. The van der Waals surface area contributed by atoms with Gasteiger partial charge >= 0.3 is 5.97 Å². The molecule has 112 valence electrons. The van der Waals surface area contributed by atoms with E-state index in [0.29, 0.717) is 12.4 Å². The van der Waals surface area contributed by atoms with Gasteiger partial charge in [0.25, 0.3) is 0 Å². The third kappa shape index (κ3) is 6.57. The van der Waals surface area contributed by atoms with Gasteiger partial charge in [0.15, 0.2) is 0 Å². The second-order valence-corrected chi connectivity index (χ2v) is 4.81. The highest BCUT2D eigenvalue weighted by Crippen LogP contribution is 2.17. The summed E-state index contributed by atoms with van der Waals surface area (Å²) in [5.74, 6) is -0.502. The van der Waals surface area contributed by atoms with Crippen LogP contribution in [0.4, 0.5) is 0 Å². The fraction of sp³-hybridized carbons (Fsp3) is 0.562. The molecule has 1 aromatic carbocycles. The number of carboxylic acids is 1. The van der Waals surface area contributed by atoms with E-state index in [1.165, 1.54) is 25.7 Å². The lowest BCUT2D eigenvalue weighted by atomic mass is 10.2. The Labute approximate surface area is 121 Å². The van der Waals surface area contributed by atoms with E-state index in [1.54, 1.807) is 24.3 Å². The summed E-state index contributed by atoms with van der Waals surface area (Å²) in [6.07, 6.45) is 5.94. The Morgan fingerprint density at radius 3 is 2.65 bits per heavy atom. The third-order valence-corrected chi connectivity index (χ3v) is 3.08. The van der Waals surface area contributed by atoms with Crippen molar-refractivity contribution in [2.75, 3.05) is 19.7 Å². The lowest BCUT2D eigenvalue weighted by molar-refractivity contribution is 0.0692. The maximum Gasteiger partial charge on any atom is 0.339 e. The molecule has 0 saturated heterocycles. The summed E-state index contributed by atoms with van der Waals surface area (Å²) in [5.41, 5.74) is 0.222. The molecule has 0 fully saturated rings. The largest absolute Gasteiger partial charge is 0.493 e. The molecule has 20 heavy (non-hydrogen) atoms. The first kappa shape index (κ1) is 16.5. The average Bonchev–Trinajstić information content (AvgIpc) is 2.46. The number of hydrogen-bond acceptors (Lipinski definition) is 3. The van der Waals surface area contributed by atoms with Crippen LogP contribution in [0.3, 0.4) is 0 Å². The summed E-state index contributed by atoms with van der Waals surface area (Å²) in [6, 6.07) is 6.74. The first-order valence-corrected chi connectivity index (χ1v) is 7.41. The number of rotatable bonds is 11. The third-order valence-electron chi connectivity index (χ3n) is 3.08. The Morgan fingerprint density at radius 2 is 1.90 bits per heavy atom. The standard InChI is InChI=1S/C16H25NO3/c1-2-3-4-7-11-17-12-8-13-20-15-10-6-5-9-14(15)16(18)19/h5-6,9-10,17H,2-4,7-8,11-13H2,1H3,(H,18,19). The van der Waals surface area contributed by atoms with Gasteiger partial charge in [0.2, 0.25) is 0 Å². The monoisotopic (exact) mass is 279 g/mol. The normalized spacial score (nSPS) is 10.4. The molecule has 0 unspecified atom stereocenters.